The number of hydrogen-bond acceptors (Lipinski definition) is 2. The molecule has 0 atom stereocenters. The topological polar surface area (TPSA) is 34.1 Å². The predicted octanol–water partition coefficient (Wildman–Crippen LogP) is 3.52. The first-order chi connectivity index (χ1) is 9.08. The average Bonchev–Trinajstić information content (AvgIpc) is 2.36. The minimum absolute atomic E-state index is 0.0650. The molecular weight excluding hydrogens is 236 g/mol. The van der Waals surface area contributed by atoms with Gasteiger partial charge < -0.3 is 0 Å². The van der Waals surface area contributed by atoms with Crippen molar-refractivity contribution in [1.29, 1.82) is 0 Å². The van der Waals surface area contributed by atoms with E-state index in [0.29, 0.717) is 12.8 Å². The van der Waals surface area contributed by atoms with Crippen LogP contribution in [0.15, 0.2) is 36.4 Å². The number of Topliss-reactive ketones (excluding diaryl/α,β-unsaturated/α-hetero) is 2. The Morgan fingerprint density at radius 3 is 2.16 bits per heavy atom. The fraction of sp³-hybridized carbons (Fsp3) is 0.412. The quantitative estimate of drug-likeness (QED) is 0.775. The molecule has 0 N–H and O–H groups in total. The van der Waals surface area contributed by atoms with Crippen LogP contribution in [0.25, 0.3) is 6.08 Å². The fourth-order valence-corrected chi connectivity index (χ4v) is 2.71. The van der Waals surface area contributed by atoms with Gasteiger partial charge in [0.2, 0.25) is 0 Å². The Hall–Kier alpha value is -1.70. The van der Waals surface area contributed by atoms with Gasteiger partial charge in [0.25, 0.3) is 0 Å². The van der Waals surface area contributed by atoms with Crippen molar-refractivity contribution in [2.24, 2.45) is 17.8 Å². The van der Waals surface area contributed by atoms with Crippen LogP contribution in [0.4, 0.5) is 0 Å². The Labute approximate surface area is 114 Å². The minimum atomic E-state index is -0.374. The molecule has 1 saturated carbocycles. The van der Waals surface area contributed by atoms with E-state index >= 15 is 0 Å². The van der Waals surface area contributed by atoms with Crippen molar-refractivity contribution < 1.29 is 9.59 Å². The summed E-state index contributed by atoms with van der Waals surface area (Å²) in [6, 6.07) is 9.95. The summed E-state index contributed by atoms with van der Waals surface area (Å²) in [4.78, 5) is 24.0. The van der Waals surface area contributed by atoms with Gasteiger partial charge >= 0.3 is 0 Å². The van der Waals surface area contributed by atoms with Crippen LogP contribution >= 0.6 is 0 Å². The summed E-state index contributed by atoms with van der Waals surface area (Å²) in [6.45, 7) is 3.89. The molecule has 100 valence electrons. The van der Waals surface area contributed by atoms with Crippen molar-refractivity contribution in [3.05, 3.63) is 42.0 Å². The van der Waals surface area contributed by atoms with E-state index < -0.39 is 0 Å². The van der Waals surface area contributed by atoms with Gasteiger partial charge in [-0.15, -0.1) is 0 Å². The predicted molar refractivity (Wildman–Crippen MR) is 76.5 cm³/mol. The molecule has 1 aliphatic carbocycles. The molecular formula is C17H20O2. The average molecular weight is 256 g/mol. The molecule has 1 aromatic carbocycles. The highest BCUT2D eigenvalue weighted by Gasteiger charge is 2.36. The minimum Gasteiger partial charge on any atom is -0.299 e. The van der Waals surface area contributed by atoms with Crippen LogP contribution in [0.3, 0.4) is 0 Å². The SMILES string of the molecule is CC(C)C1C(=O)CC(C=Cc2ccccc2)CC1=O. The molecule has 0 aliphatic heterocycles. The van der Waals surface area contributed by atoms with E-state index in [4.69, 9.17) is 0 Å². The lowest BCUT2D eigenvalue weighted by molar-refractivity contribution is -0.138. The summed E-state index contributed by atoms with van der Waals surface area (Å²) in [5.74, 6) is 0.0264. The van der Waals surface area contributed by atoms with Gasteiger partial charge in [-0.2, -0.15) is 0 Å². The number of benzene rings is 1. The number of carbonyl (C=O) groups is 2. The van der Waals surface area contributed by atoms with E-state index in [1.54, 1.807) is 0 Å². The fourth-order valence-electron chi connectivity index (χ4n) is 2.71. The molecule has 2 heteroatoms. The van der Waals surface area contributed by atoms with Gasteiger partial charge in [-0.1, -0.05) is 56.3 Å². The molecule has 0 heterocycles. The highest BCUT2D eigenvalue weighted by Crippen LogP contribution is 2.29. The van der Waals surface area contributed by atoms with Crippen molar-refractivity contribution in [2.75, 3.05) is 0 Å². The number of carbonyl (C=O) groups excluding carboxylic acids is 2. The highest BCUT2D eigenvalue weighted by molar-refractivity contribution is 6.05. The maximum atomic E-state index is 12.0. The van der Waals surface area contributed by atoms with E-state index in [9.17, 15) is 9.59 Å². The standard InChI is InChI=1S/C17H20O2/c1-12(2)17-15(18)10-14(11-16(17)19)9-8-13-6-4-3-5-7-13/h3-9,12,14,17H,10-11H2,1-2H3. The normalized spacial score (nSPS) is 24.4. The van der Waals surface area contributed by atoms with E-state index in [-0.39, 0.29) is 29.3 Å². The molecule has 19 heavy (non-hydrogen) atoms. The lowest BCUT2D eigenvalue weighted by Gasteiger charge is -2.26. The smallest absolute Gasteiger partial charge is 0.144 e. The van der Waals surface area contributed by atoms with Crippen LogP contribution in [-0.2, 0) is 9.59 Å². The summed E-state index contributed by atoms with van der Waals surface area (Å²) in [6.07, 6.45) is 5.00. The second-order valence-corrected chi connectivity index (χ2v) is 5.59. The third-order valence-electron chi connectivity index (χ3n) is 3.65. The van der Waals surface area contributed by atoms with Crippen molar-refractivity contribution in [1.82, 2.24) is 0 Å². The van der Waals surface area contributed by atoms with Gasteiger partial charge in [0.1, 0.15) is 11.6 Å². The van der Waals surface area contributed by atoms with Gasteiger partial charge in [0.15, 0.2) is 0 Å². The molecule has 2 nitrogen and oxygen atoms in total. The van der Waals surface area contributed by atoms with Crippen LogP contribution in [0.2, 0.25) is 0 Å². The third kappa shape index (κ3) is 3.40. The number of rotatable bonds is 3. The highest BCUT2D eigenvalue weighted by atomic mass is 16.2. The zero-order chi connectivity index (χ0) is 13.8. The zero-order valence-electron chi connectivity index (χ0n) is 11.5. The molecule has 0 spiro atoms. The summed E-state index contributed by atoms with van der Waals surface area (Å²) >= 11 is 0. The van der Waals surface area contributed by atoms with Crippen LogP contribution in [0.5, 0.6) is 0 Å². The Balaban J connectivity index is 2.03. The van der Waals surface area contributed by atoms with Gasteiger partial charge in [-0.05, 0) is 17.4 Å². The van der Waals surface area contributed by atoms with E-state index in [2.05, 4.69) is 0 Å². The van der Waals surface area contributed by atoms with Crippen LogP contribution < -0.4 is 0 Å². The zero-order valence-corrected chi connectivity index (χ0v) is 11.5. The molecule has 0 bridgehead atoms. The molecule has 0 unspecified atom stereocenters. The van der Waals surface area contributed by atoms with Crippen molar-refractivity contribution in [3.63, 3.8) is 0 Å². The first kappa shape index (κ1) is 13.7. The van der Waals surface area contributed by atoms with Gasteiger partial charge in [0, 0.05) is 12.8 Å². The Bertz CT molecular complexity index is 467. The number of ketones is 2. The first-order valence-corrected chi connectivity index (χ1v) is 6.86. The van der Waals surface area contributed by atoms with Crippen molar-refractivity contribution in [2.45, 2.75) is 26.7 Å². The molecule has 0 amide bonds. The van der Waals surface area contributed by atoms with Crippen molar-refractivity contribution in [3.8, 4) is 0 Å². The van der Waals surface area contributed by atoms with Gasteiger partial charge in [-0.3, -0.25) is 9.59 Å². The summed E-state index contributed by atoms with van der Waals surface area (Å²) in [5.41, 5.74) is 1.10. The maximum absolute atomic E-state index is 12.0. The lowest BCUT2D eigenvalue weighted by atomic mass is 9.75. The number of allylic oxidation sites excluding steroid dienone is 1. The number of hydrogen-bond donors (Lipinski definition) is 0. The molecule has 0 aromatic heterocycles. The summed E-state index contributed by atoms with van der Waals surface area (Å²) < 4.78 is 0. The van der Waals surface area contributed by atoms with E-state index in [0.717, 1.165) is 5.56 Å². The van der Waals surface area contributed by atoms with Crippen molar-refractivity contribution >= 4 is 17.6 Å². The Kier molecular flexibility index (Phi) is 4.31. The van der Waals surface area contributed by atoms with Crippen LogP contribution in [0, 0.1) is 17.8 Å². The van der Waals surface area contributed by atoms with Crippen LogP contribution in [-0.4, -0.2) is 11.6 Å². The second kappa shape index (κ2) is 5.96. The summed E-state index contributed by atoms with van der Waals surface area (Å²) in [7, 11) is 0. The lowest BCUT2D eigenvalue weighted by Crippen LogP contribution is -2.36. The van der Waals surface area contributed by atoms with Gasteiger partial charge in [-0.25, -0.2) is 0 Å². The Morgan fingerprint density at radius 1 is 1.05 bits per heavy atom. The largest absolute Gasteiger partial charge is 0.299 e. The molecule has 1 fully saturated rings. The molecule has 1 aliphatic rings. The molecule has 0 radical (unpaired) electrons. The first-order valence-electron chi connectivity index (χ1n) is 6.86. The second-order valence-electron chi connectivity index (χ2n) is 5.59. The van der Waals surface area contributed by atoms with E-state index in [1.165, 1.54) is 0 Å². The Morgan fingerprint density at radius 2 is 1.63 bits per heavy atom. The van der Waals surface area contributed by atoms with Gasteiger partial charge in [0.05, 0.1) is 5.92 Å². The third-order valence-corrected chi connectivity index (χ3v) is 3.65. The molecule has 2 rings (SSSR count). The molecule has 0 saturated heterocycles. The summed E-state index contributed by atoms with van der Waals surface area (Å²) in [5, 5.41) is 0. The maximum Gasteiger partial charge on any atom is 0.144 e. The molecule has 1 aromatic rings. The van der Waals surface area contributed by atoms with Crippen LogP contribution in [0.1, 0.15) is 32.3 Å². The van der Waals surface area contributed by atoms with E-state index in [1.807, 2.05) is 56.3 Å². The monoisotopic (exact) mass is 256 g/mol.